The van der Waals surface area contributed by atoms with Crippen molar-refractivity contribution in [3.63, 3.8) is 0 Å². The van der Waals surface area contributed by atoms with Gasteiger partial charge in [-0.3, -0.25) is 24.1 Å². The molecule has 1 saturated heterocycles. The van der Waals surface area contributed by atoms with Crippen molar-refractivity contribution < 1.29 is 29.0 Å². The van der Waals surface area contributed by atoms with E-state index >= 15 is 0 Å². The average Bonchev–Trinajstić information content (AvgIpc) is 3.70. The van der Waals surface area contributed by atoms with Gasteiger partial charge in [0.05, 0.1) is 30.4 Å². The standard InChI is InChI=1S/C30H28N2O7S2/c1-38-19-11-15(7-8-18(19)39-13-14-5-3-2-4-6-14)21-22-16-12-17(25(22)40-27-26(21)41-30(37)31-27)24-23(16)28(35)32(29(24)36)10-9-20(33)34/h2-8,11,16-17,21-25H,9-10,12-13H2,1H3,(H,31,37)(H,33,34)/t16?,17?,21-,22?,23?,24?,25?/m1/s1. The van der Waals surface area contributed by atoms with Crippen molar-refractivity contribution in [3.05, 3.63) is 74.2 Å². The number of carbonyl (C=O) groups is 3. The van der Waals surface area contributed by atoms with Crippen molar-refractivity contribution >= 4 is 40.9 Å². The van der Waals surface area contributed by atoms with E-state index in [0.29, 0.717) is 18.1 Å². The molecule has 2 saturated carbocycles. The minimum Gasteiger partial charge on any atom is -0.493 e. The van der Waals surface area contributed by atoms with Gasteiger partial charge in [-0.1, -0.05) is 47.7 Å². The number of rotatable bonds is 8. The minimum absolute atomic E-state index is 0.0132. The second-order valence-electron chi connectivity index (χ2n) is 11.1. The number of hydrogen-bond donors (Lipinski definition) is 2. The number of imide groups is 1. The molecule has 7 rings (SSSR count). The van der Waals surface area contributed by atoms with Gasteiger partial charge in [-0.25, -0.2) is 0 Å². The van der Waals surface area contributed by atoms with E-state index in [2.05, 4.69) is 4.98 Å². The number of amides is 2. The number of aromatic amines is 1. The summed E-state index contributed by atoms with van der Waals surface area (Å²) in [6.07, 6.45) is 0.514. The van der Waals surface area contributed by atoms with Crippen molar-refractivity contribution in [1.82, 2.24) is 9.88 Å². The van der Waals surface area contributed by atoms with Crippen LogP contribution in [-0.2, 0) is 21.0 Å². The first-order valence-electron chi connectivity index (χ1n) is 13.7. The number of thiazole rings is 1. The summed E-state index contributed by atoms with van der Waals surface area (Å²) in [6.45, 7) is 0.305. The molecule has 2 aromatic carbocycles. The average molecular weight is 593 g/mol. The van der Waals surface area contributed by atoms with E-state index in [1.807, 2.05) is 48.5 Å². The van der Waals surface area contributed by atoms with Crippen LogP contribution in [0.2, 0.25) is 0 Å². The zero-order valence-electron chi connectivity index (χ0n) is 22.1. The van der Waals surface area contributed by atoms with Crippen LogP contribution >= 0.6 is 23.1 Å². The van der Waals surface area contributed by atoms with Crippen molar-refractivity contribution in [3.8, 4) is 11.5 Å². The number of aromatic nitrogens is 1. The highest BCUT2D eigenvalue weighted by Crippen LogP contribution is 2.68. The maximum atomic E-state index is 13.5. The van der Waals surface area contributed by atoms with Crippen molar-refractivity contribution in [2.24, 2.45) is 29.6 Å². The highest BCUT2D eigenvalue weighted by molar-refractivity contribution is 8.00. The number of hydrogen-bond acceptors (Lipinski definition) is 8. The molecule has 6 unspecified atom stereocenters. The Hall–Kier alpha value is -3.57. The first-order valence-corrected chi connectivity index (χ1v) is 15.4. The molecular formula is C30H28N2O7S2. The fourth-order valence-corrected chi connectivity index (χ4v) is 10.5. The van der Waals surface area contributed by atoms with Gasteiger partial charge >= 0.3 is 10.8 Å². The Labute approximate surface area is 243 Å². The zero-order chi connectivity index (χ0) is 28.4. The van der Waals surface area contributed by atoms with E-state index < -0.39 is 17.8 Å². The fraction of sp³-hybridized carbons (Fsp3) is 0.400. The number of aliphatic carboxylic acids is 1. The van der Waals surface area contributed by atoms with E-state index in [-0.39, 0.29) is 58.6 Å². The van der Waals surface area contributed by atoms with Gasteiger partial charge in [0, 0.05) is 22.6 Å². The molecule has 3 fully saturated rings. The zero-order valence-corrected chi connectivity index (χ0v) is 23.8. The Bertz CT molecular complexity index is 1600. The van der Waals surface area contributed by atoms with Gasteiger partial charge < -0.3 is 19.6 Å². The number of carboxylic acids is 1. The van der Waals surface area contributed by atoms with Gasteiger partial charge in [-0.2, -0.15) is 0 Å². The second-order valence-corrected chi connectivity index (χ2v) is 13.3. The van der Waals surface area contributed by atoms with Crippen molar-refractivity contribution in [2.75, 3.05) is 13.7 Å². The molecule has 41 heavy (non-hydrogen) atoms. The largest absolute Gasteiger partial charge is 0.493 e. The molecule has 9 nitrogen and oxygen atoms in total. The molecule has 3 heterocycles. The third kappa shape index (κ3) is 4.20. The summed E-state index contributed by atoms with van der Waals surface area (Å²) in [5.41, 5.74) is 2.02. The third-order valence-corrected chi connectivity index (χ3v) is 11.7. The molecule has 0 spiro atoms. The Balaban J connectivity index is 1.23. The molecule has 0 radical (unpaired) electrons. The lowest BCUT2D eigenvalue weighted by Crippen LogP contribution is -2.42. The highest BCUT2D eigenvalue weighted by atomic mass is 32.2. The fourth-order valence-electron chi connectivity index (χ4n) is 7.61. The Morgan fingerprint density at radius 1 is 1.05 bits per heavy atom. The molecule has 2 bridgehead atoms. The van der Waals surface area contributed by atoms with E-state index in [1.165, 1.54) is 16.2 Å². The van der Waals surface area contributed by atoms with Crippen LogP contribution in [0.15, 0.2) is 58.4 Å². The van der Waals surface area contributed by atoms with Gasteiger partial charge in [0.1, 0.15) is 6.61 Å². The molecule has 2 amide bonds. The summed E-state index contributed by atoms with van der Waals surface area (Å²) in [5.74, 6) is -1.34. The van der Waals surface area contributed by atoms with Crippen LogP contribution in [0.5, 0.6) is 11.5 Å². The second kappa shape index (κ2) is 10.1. The molecule has 4 aliphatic rings. The highest BCUT2D eigenvalue weighted by Gasteiger charge is 2.69. The van der Waals surface area contributed by atoms with Crippen molar-refractivity contribution in [2.45, 2.75) is 35.6 Å². The third-order valence-electron chi connectivity index (χ3n) is 9.15. The van der Waals surface area contributed by atoms with Crippen LogP contribution in [0.1, 0.15) is 34.8 Å². The number of ether oxygens (including phenoxy) is 2. The van der Waals surface area contributed by atoms with Gasteiger partial charge in [-0.05, 0) is 47.4 Å². The van der Waals surface area contributed by atoms with Crippen LogP contribution in [0.25, 0.3) is 0 Å². The number of benzene rings is 2. The lowest BCUT2D eigenvalue weighted by Gasteiger charge is -2.43. The predicted octanol–water partition coefficient (Wildman–Crippen LogP) is 3.97. The van der Waals surface area contributed by atoms with Crippen LogP contribution in [0.4, 0.5) is 0 Å². The summed E-state index contributed by atoms with van der Waals surface area (Å²) in [4.78, 5) is 55.6. The summed E-state index contributed by atoms with van der Waals surface area (Å²) in [7, 11) is 1.60. The maximum absolute atomic E-state index is 13.5. The molecule has 11 heteroatoms. The number of methoxy groups -OCH3 is 1. The van der Waals surface area contributed by atoms with Gasteiger partial charge in [0.2, 0.25) is 11.8 Å². The Morgan fingerprint density at radius 3 is 2.54 bits per heavy atom. The molecular weight excluding hydrogens is 564 g/mol. The molecule has 3 aromatic rings. The molecule has 7 atom stereocenters. The van der Waals surface area contributed by atoms with Gasteiger partial charge in [0.25, 0.3) is 0 Å². The first-order chi connectivity index (χ1) is 19.9. The van der Waals surface area contributed by atoms with E-state index in [4.69, 9.17) is 14.6 Å². The summed E-state index contributed by atoms with van der Waals surface area (Å²) < 4.78 is 11.8. The number of likely N-dealkylation sites (tertiary alicyclic amines) is 1. The summed E-state index contributed by atoms with van der Waals surface area (Å²) in [6, 6.07) is 15.8. The molecule has 1 aromatic heterocycles. The molecule has 2 N–H and O–H groups in total. The quantitative estimate of drug-likeness (QED) is 0.377. The topological polar surface area (TPSA) is 126 Å². The van der Waals surface area contributed by atoms with Gasteiger partial charge in [0.15, 0.2) is 11.5 Å². The number of thioether (sulfide) groups is 1. The minimum atomic E-state index is -1.03. The van der Waals surface area contributed by atoms with Gasteiger partial charge in [-0.15, -0.1) is 11.8 Å². The predicted molar refractivity (Wildman–Crippen MR) is 151 cm³/mol. The Kier molecular flexibility index (Phi) is 6.46. The summed E-state index contributed by atoms with van der Waals surface area (Å²) >= 11 is 2.82. The molecule has 2 aliphatic carbocycles. The lowest BCUT2D eigenvalue weighted by molar-refractivity contribution is -0.142. The van der Waals surface area contributed by atoms with Crippen LogP contribution in [0, 0.1) is 29.6 Å². The van der Waals surface area contributed by atoms with E-state index in [1.54, 1.807) is 18.9 Å². The molecule has 212 valence electrons. The summed E-state index contributed by atoms with van der Waals surface area (Å²) in [5, 5.41) is 10.0. The normalized spacial score (nSPS) is 29.3. The monoisotopic (exact) mass is 592 g/mol. The van der Waals surface area contributed by atoms with Crippen molar-refractivity contribution in [1.29, 1.82) is 0 Å². The van der Waals surface area contributed by atoms with Crippen LogP contribution in [-0.4, -0.2) is 51.7 Å². The van der Waals surface area contributed by atoms with Crippen LogP contribution < -0.4 is 14.3 Å². The number of fused-ring (bicyclic) bond motifs is 9. The number of nitrogens with zero attached hydrogens (tertiary/aromatic N) is 1. The van der Waals surface area contributed by atoms with Crippen LogP contribution in [0.3, 0.4) is 0 Å². The van der Waals surface area contributed by atoms with E-state index in [0.717, 1.165) is 27.5 Å². The Morgan fingerprint density at radius 2 is 1.80 bits per heavy atom. The lowest BCUT2D eigenvalue weighted by atomic mass is 9.68. The van der Waals surface area contributed by atoms with E-state index in [9.17, 15) is 19.2 Å². The number of H-pyrrole nitrogens is 1. The SMILES string of the molecule is COc1cc([C@H]2c3sc(=O)[nH]c3SC3C4CC(C5C(=O)N(CCC(=O)O)C(=O)C45)C32)ccc1OCc1ccccc1. The number of carbonyl (C=O) groups excluding carboxylic acids is 2. The first kappa shape index (κ1) is 26.3. The molecule has 2 aliphatic heterocycles. The smallest absolute Gasteiger partial charge is 0.305 e. The number of carboxylic acid groups (broad SMARTS) is 1. The maximum Gasteiger partial charge on any atom is 0.305 e. The number of nitrogens with one attached hydrogen (secondary N) is 1.